The van der Waals surface area contributed by atoms with E-state index in [9.17, 15) is 0 Å². The maximum Gasteiger partial charge on any atom is 0.210 e. The van der Waals surface area contributed by atoms with E-state index in [1.165, 1.54) is 5.56 Å². The molecule has 1 heterocycles. The highest BCUT2D eigenvalue weighted by atomic mass is 79.9. The van der Waals surface area contributed by atoms with Crippen molar-refractivity contribution in [3.8, 4) is 0 Å². The number of aliphatic imine (C=N–C) groups is 1. The lowest BCUT2D eigenvalue weighted by Gasteiger charge is -2.07. The minimum absolute atomic E-state index is 0.729. The summed E-state index contributed by atoms with van der Waals surface area (Å²) in [5.74, 6) is 1.52. The average Bonchev–Trinajstić information content (AvgIpc) is 2.68. The fourth-order valence-electron chi connectivity index (χ4n) is 1.59. The number of hydrogen-bond acceptors (Lipinski definition) is 3. The number of benzene rings is 1. The third-order valence-electron chi connectivity index (χ3n) is 2.44. The van der Waals surface area contributed by atoms with Crippen LogP contribution in [-0.2, 0) is 0 Å². The first-order valence-corrected chi connectivity index (χ1v) is 6.43. The van der Waals surface area contributed by atoms with E-state index in [4.69, 9.17) is 4.42 Å². The second-order valence-electron chi connectivity index (χ2n) is 4.29. The van der Waals surface area contributed by atoms with Crippen molar-refractivity contribution >= 4 is 33.7 Å². The second-order valence-corrected chi connectivity index (χ2v) is 5.15. The van der Waals surface area contributed by atoms with Gasteiger partial charge < -0.3 is 9.32 Å². The Kier molecular flexibility index (Phi) is 3.87. The van der Waals surface area contributed by atoms with E-state index in [0.717, 1.165) is 21.8 Å². The first kappa shape index (κ1) is 12.9. The molecule has 0 radical (unpaired) electrons. The number of rotatable bonds is 3. The molecule has 4 heteroatoms. The van der Waals surface area contributed by atoms with Gasteiger partial charge in [0.1, 0.15) is 5.76 Å². The highest BCUT2D eigenvalue weighted by Crippen LogP contribution is 2.28. The lowest BCUT2D eigenvalue weighted by Crippen LogP contribution is -2.07. The van der Waals surface area contributed by atoms with Crippen LogP contribution in [0.5, 0.6) is 0 Å². The van der Waals surface area contributed by atoms with E-state index >= 15 is 0 Å². The van der Waals surface area contributed by atoms with Gasteiger partial charge in [0.25, 0.3) is 0 Å². The Morgan fingerprint density at radius 2 is 2.06 bits per heavy atom. The molecule has 0 fully saturated rings. The first-order valence-electron chi connectivity index (χ1n) is 5.63. The summed E-state index contributed by atoms with van der Waals surface area (Å²) in [4.78, 5) is 6.30. The molecular weight excluding hydrogens is 292 g/mol. The smallest absolute Gasteiger partial charge is 0.210 e. The summed E-state index contributed by atoms with van der Waals surface area (Å²) in [6, 6.07) is 9.95. The molecule has 2 rings (SSSR count). The van der Waals surface area contributed by atoms with Crippen LogP contribution in [0.15, 0.2) is 44.2 Å². The zero-order chi connectivity index (χ0) is 13.1. The third kappa shape index (κ3) is 3.01. The maximum atomic E-state index is 5.66. The van der Waals surface area contributed by atoms with E-state index in [2.05, 4.69) is 20.9 Å². The highest BCUT2D eigenvalue weighted by molar-refractivity contribution is 9.10. The van der Waals surface area contributed by atoms with E-state index in [1.54, 1.807) is 6.21 Å². The minimum atomic E-state index is 0.729. The van der Waals surface area contributed by atoms with Crippen LogP contribution in [0.2, 0.25) is 0 Å². The molecule has 0 atom stereocenters. The average molecular weight is 307 g/mol. The summed E-state index contributed by atoms with van der Waals surface area (Å²) in [6.45, 7) is 2.05. The van der Waals surface area contributed by atoms with Crippen LogP contribution in [0.25, 0.3) is 0 Å². The number of anilines is 1. The summed E-state index contributed by atoms with van der Waals surface area (Å²) in [5, 5.41) is 0. The molecule has 0 bridgehead atoms. The van der Waals surface area contributed by atoms with Crippen molar-refractivity contribution in [2.24, 2.45) is 4.99 Å². The monoisotopic (exact) mass is 306 g/mol. The van der Waals surface area contributed by atoms with E-state index in [0.29, 0.717) is 0 Å². The van der Waals surface area contributed by atoms with Crippen molar-refractivity contribution in [2.45, 2.75) is 6.92 Å². The van der Waals surface area contributed by atoms with Gasteiger partial charge in [0.15, 0.2) is 0 Å². The fourth-order valence-corrected chi connectivity index (χ4v) is 2.25. The zero-order valence-electron chi connectivity index (χ0n) is 10.6. The van der Waals surface area contributed by atoms with Gasteiger partial charge in [0.05, 0.1) is 16.4 Å². The summed E-state index contributed by atoms with van der Waals surface area (Å²) < 4.78 is 6.59. The van der Waals surface area contributed by atoms with Gasteiger partial charge in [-0.25, -0.2) is 0 Å². The fraction of sp³-hybridized carbons (Fsp3) is 0.214. The summed E-state index contributed by atoms with van der Waals surface area (Å²) >= 11 is 3.46. The van der Waals surface area contributed by atoms with E-state index < -0.39 is 0 Å². The molecule has 0 unspecified atom stereocenters. The van der Waals surface area contributed by atoms with Crippen LogP contribution >= 0.6 is 15.9 Å². The molecule has 1 aromatic heterocycles. The van der Waals surface area contributed by atoms with Crippen LogP contribution in [0.1, 0.15) is 11.3 Å². The predicted octanol–water partition coefficient (Wildman–Crippen LogP) is 4.17. The molecule has 18 heavy (non-hydrogen) atoms. The molecule has 0 aliphatic heterocycles. The van der Waals surface area contributed by atoms with Crippen molar-refractivity contribution in [3.63, 3.8) is 0 Å². The first-order chi connectivity index (χ1) is 8.56. The van der Waals surface area contributed by atoms with Crippen molar-refractivity contribution < 1.29 is 4.42 Å². The van der Waals surface area contributed by atoms with Gasteiger partial charge in [-0.3, -0.25) is 4.99 Å². The van der Waals surface area contributed by atoms with E-state index in [1.807, 2.05) is 56.3 Å². The minimum Gasteiger partial charge on any atom is -0.438 e. The molecule has 94 valence electrons. The molecule has 0 aliphatic rings. The van der Waals surface area contributed by atoms with Crippen molar-refractivity contribution in [3.05, 3.63) is 46.1 Å². The predicted molar refractivity (Wildman–Crippen MR) is 79.2 cm³/mol. The lowest BCUT2D eigenvalue weighted by atomic mass is 10.2. The molecule has 3 nitrogen and oxygen atoms in total. The largest absolute Gasteiger partial charge is 0.438 e. The number of nitrogens with zero attached hydrogens (tertiary/aromatic N) is 2. The van der Waals surface area contributed by atoms with Crippen molar-refractivity contribution in [2.75, 3.05) is 19.0 Å². The number of hydrogen-bond donors (Lipinski definition) is 0. The number of halogens is 1. The molecule has 0 saturated heterocycles. The summed E-state index contributed by atoms with van der Waals surface area (Å²) in [6.07, 6.45) is 1.73. The second kappa shape index (κ2) is 5.40. The molecular formula is C14H15BrN2O. The molecule has 0 N–H and O–H groups in total. The number of furan rings is 1. The topological polar surface area (TPSA) is 28.7 Å². The SMILES string of the molecule is Cc1cccc(N=Cc2cc(Br)c(N(C)C)o2)c1. The zero-order valence-corrected chi connectivity index (χ0v) is 12.2. The molecule has 0 saturated carbocycles. The van der Waals surface area contributed by atoms with Gasteiger partial charge in [-0.1, -0.05) is 12.1 Å². The molecule has 1 aromatic carbocycles. The maximum absolute atomic E-state index is 5.66. The van der Waals surface area contributed by atoms with Crippen LogP contribution in [0, 0.1) is 6.92 Å². The van der Waals surface area contributed by atoms with Crippen LogP contribution in [-0.4, -0.2) is 20.3 Å². The van der Waals surface area contributed by atoms with Gasteiger partial charge >= 0.3 is 0 Å². The standard InChI is InChI=1S/C14H15BrN2O/c1-10-5-4-6-11(7-10)16-9-12-8-13(15)14(18-12)17(2)3/h4-9H,1-3H3. The quantitative estimate of drug-likeness (QED) is 0.796. The highest BCUT2D eigenvalue weighted by Gasteiger charge is 2.08. The Hall–Kier alpha value is -1.55. The summed E-state index contributed by atoms with van der Waals surface area (Å²) in [5.41, 5.74) is 2.12. The Balaban J connectivity index is 2.21. The number of aryl methyl sites for hydroxylation is 1. The molecule has 2 aromatic rings. The van der Waals surface area contributed by atoms with Crippen molar-refractivity contribution in [1.82, 2.24) is 0 Å². The Morgan fingerprint density at radius 1 is 1.28 bits per heavy atom. The Morgan fingerprint density at radius 3 is 2.67 bits per heavy atom. The van der Waals surface area contributed by atoms with Crippen LogP contribution < -0.4 is 4.90 Å². The molecule has 0 amide bonds. The van der Waals surface area contributed by atoms with Crippen molar-refractivity contribution in [1.29, 1.82) is 0 Å². The molecule has 0 aliphatic carbocycles. The Bertz CT molecular complexity index is 573. The van der Waals surface area contributed by atoms with Crippen LogP contribution in [0.4, 0.5) is 11.6 Å². The van der Waals surface area contributed by atoms with Gasteiger partial charge in [-0.05, 0) is 40.5 Å². The van der Waals surface area contributed by atoms with Gasteiger partial charge in [0, 0.05) is 20.2 Å². The van der Waals surface area contributed by atoms with E-state index in [-0.39, 0.29) is 0 Å². The van der Waals surface area contributed by atoms with Gasteiger partial charge in [-0.2, -0.15) is 0 Å². The lowest BCUT2D eigenvalue weighted by molar-refractivity contribution is 0.557. The Labute approximate surface area is 115 Å². The third-order valence-corrected chi connectivity index (χ3v) is 3.00. The van der Waals surface area contributed by atoms with Crippen LogP contribution in [0.3, 0.4) is 0 Å². The van der Waals surface area contributed by atoms with Gasteiger partial charge in [0.2, 0.25) is 5.88 Å². The molecule has 0 spiro atoms. The summed E-state index contributed by atoms with van der Waals surface area (Å²) in [7, 11) is 3.87. The van der Waals surface area contributed by atoms with Gasteiger partial charge in [-0.15, -0.1) is 0 Å². The normalized spacial score (nSPS) is 11.1.